The number of benzene rings is 1. The van der Waals surface area contributed by atoms with Crippen molar-refractivity contribution in [3.05, 3.63) is 47.8 Å². The van der Waals surface area contributed by atoms with Crippen LogP contribution in [0.25, 0.3) is 0 Å². The van der Waals surface area contributed by atoms with E-state index in [1.54, 1.807) is 35.5 Å². The largest absolute Gasteiger partial charge is 0.493 e. The molecule has 0 aliphatic carbocycles. The molecule has 8 nitrogen and oxygen atoms in total. The van der Waals surface area contributed by atoms with E-state index in [1.807, 2.05) is 13.0 Å². The second-order valence-electron chi connectivity index (χ2n) is 6.78. The third-order valence-electron chi connectivity index (χ3n) is 4.62. The van der Waals surface area contributed by atoms with Crippen LogP contribution in [0.15, 0.2) is 36.7 Å². The number of morpholine rings is 1. The van der Waals surface area contributed by atoms with Gasteiger partial charge in [-0.1, -0.05) is 6.07 Å². The molecule has 1 aliphatic heterocycles. The molecule has 1 aromatic heterocycles. The average Bonchev–Trinajstić information content (AvgIpc) is 2.73. The molecule has 0 radical (unpaired) electrons. The predicted molar refractivity (Wildman–Crippen MR) is 107 cm³/mol. The van der Waals surface area contributed by atoms with E-state index in [4.69, 9.17) is 14.2 Å². The Morgan fingerprint density at radius 2 is 2.14 bits per heavy atom. The van der Waals surface area contributed by atoms with Crippen LogP contribution in [-0.2, 0) is 16.0 Å². The van der Waals surface area contributed by atoms with E-state index in [1.165, 1.54) is 14.2 Å². The first-order chi connectivity index (χ1) is 14.0. The SMILES string of the molecule is COc1cc(C(=O)N2CCOC(C)C2)cc(NC(=O)Cc2cccnc2)c1OC. The van der Waals surface area contributed by atoms with Crippen LogP contribution in [0, 0.1) is 0 Å². The van der Waals surface area contributed by atoms with Crippen LogP contribution in [0.4, 0.5) is 5.69 Å². The van der Waals surface area contributed by atoms with E-state index in [9.17, 15) is 9.59 Å². The number of pyridine rings is 1. The van der Waals surface area contributed by atoms with Crippen LogP contribution < -0.4 is 14.8 Å². The zero-order chi connectivity index (χ0) is 20.8. The first-order valence-electron chi connectivity index (χ1n) is 9.37. The van der Waals surface area contributed by atoms with Crippen LogP contribution in [0.2, 0.25) is 0 Å². The van der Waals surface area contributed by atoms with E-state index in [0.29, 0.717) is 42.4 Å². The number of nitrogens with zero attached hydrogens (tertiary/aromatic N) is 2. The van der Waals surface area contributed by atoms with Gasteiger partial charge in [0.1, 0.15) is 0 Å². The summed E-state index contributed by atoms with van der Waals surface area (Å²) in [6.45, 7) is 3.45. The van der Waals surface area contributed by atoms with E-state index in [-0.39, 0.29) is 24.3 Å². The average molecular weight is 399 g/mol. The number of nitrogens with one attached hydrogen (secondary N) is 1. The van der Waals surface area contributed by atoms with Crippen molar-refractivity contribution in [1.82, 2.24) is 9.88 Å². The third kappa shape index (κ3) is 5.03. The molecule has 1 aromatic carbocycles. The zero-order valence-corrected chi connectivity index (χ0v) is 16.8. The molecule has 1 aliphatic rings. The third-order valence-corrected chi connectivity index (χ3v) is 4.62. The van der Waals surface area contributed by atoms with Crippen LogP contribution >= 0.6 is 0 Å². The van der Waals surface area contributed by atoms with Gasteiger partial charge < -0.3 is 24.4 Å². The van der Waals surface area contributed by atoms with E-state index in [0.717, 1.165) is 5.56 Å². The number of anilines is 1. The summed E-state index contributed by atoms with van der Waals surface area (Å²) < 4.78 is 16.3. The lowest BCUT2D eigenvalue weighted by molar-refractivity contribution is -0.115. The van der Waals surface area contributed by atoms with Crippen molar-refractivity contribution in [3.63, 3.8) is 0 Å². The second kappa shape index (κ2) is 9.38. The topological polar surface area (TPSA) is 90.0 Å². The highest BCUT2D eigenvalue weighted by molar-refractivity contribution is 6.00. The van der Waals surface area contributed by atoms with Crippen LogP contribution in [-0.4, -0.2) is 61.7 Å². The predicted octanol–water partition coefficient (Wildman–Crippen LogP) is 2.14. The first-order valence-corrected chi connectivity index (χ1v) is 9.37. The molecule has 3 rings (SSSR count). The summed E-state index contributed by atoms with van der Waals surface area (Å²) in [6, 6.07) is 6.84. The molecule has 1 unspecified atom stereocenters. The number of carbonyl (C=O) groups excluding carboxylic acids is 2. The highest BCUT2D eigenvalue weighted by atomic mass is 16.5. The highest BCUT2D eigenvalue weighted by Crippen LogP contribution is 2.37. The minimum atomic E-state index is -0.247. The fraction of sp³-hybridized carbons (Fsp3) is 0.381. The molecule has 0 spiro atoms. The molecule has 8 heteroatoms. The summed E-state index contributed by atoms with van der Waals surface area (Å²) in [4.78, 5) is 31.3. The van der Waals surface area contributed by atoms with Crippen molar-refractivity contribution >= 4 is 17.5 Å². The van der Waals surface area contributed by atoms with Gasteiger partial charge in [0.05, 0.1) is 39.0 Å². The summed E-state index contributed by atoms with van der Waals surface area (Å²) >= 11 is 0. The van der Waals surface area contributed by atoms with Gasteiger partial charge in [-0.15, -0.1) is 0 Å². The van der Waals surface area contributed by atoms with Crippen LogP contribution in [0.5, 0.6) is 11.5 Å². The van der Waals surface area contributed by atoms with Crippen molar-refractivity contribution in [2.24, 2.45) is 0 Å². The van der Waals surface area contributed by atoms with Crippen molar-refractivity contribution in [2.45, 2.75) is 19.4 Å². The maximum absolute atomic E-state index is 13.0. The lowest BCUT2D eigenvalue weighted by Crippen LogP contribution is -2.44. The number of hydrogen-bond donors (Lipinski definition) is 1. The standard InChI is InChI=1S/C21H25N3O5/c1-14-13-24(7-8-29-14)21(26)16-10-17(20(28-3)18(11-16)27-2)23-19(25)9-15-5-4-6-22-12-15/h4-6,10-12,14H,7-9,13H2,1-3H3,(H,23,25). The van der Waals surface area contributed by atoms with Gasteiger partial charge in [-0.2, -0.15) is 0 Å². The fourth-order valence-corrected chi connectivity index (χ4v) is 3.25. The number of aromatic nitrogens is 1. The van der Waals surface area contributed by atoms with E-state index < -0.39 is 0 Å². The number of methoxy groups -OCH3 is 2. The van der Waals surface area contributed by atoms with E-state index in [2.05, 4.69) is 10.3 Å². The first kappa shape index (κ1) is 20.6. The summed E-state index contributed by atoms with van der Waals surface area (Å²) in [5.74, 6) is 0.335. The molecule has 2 amide bonds. The Morgan fingerprint density at radius 1 is 1.31 bits per heavy atom. The molecule has 1 fully saturated rings. The minimum Gasteiger partial charge on any atom is -0.493 e. The number of amides is 2. The molecule has 1 N–H and O–H groups in total. The van der Waals surface area contributed by atoms with Gasteiger partial charge in [0, 0.05) is 31.0 Å². The molecule has 0 bridgehead atoms. The van der Waals surface area contributed by atoms with Gasteiger partial charge in [0.2, 0.25) is 5.91 Å². The Balaban J connectivity index is 1.85. The van der Waals surface area contributed by atoms with Crippen LogP contribution in [0.1, 0.15) is 22.8 Å². The van der Waals surface area contributed by atoms with Gasteiger partial charge in [0.25, 0.3) is 5.91 Å². The molecular formula is C21H25N3O5. The number of ether oxygens (including phenoxy) is 3. The molecule has 0 saturated carbocycles. The second-order valence-corrected chi connectivity index (χ2v) is 6.78. The van der Waals surface area contributed by atoms with Gasteiger partial charge in [0.15, 0.2) is 11.5 Å². The maximum atomic E-state index is 13.0. The van der Waals surface area contributed by atoms with Crippen molar-refractivity contribution < 1.29 is 23.8 Å². The monoisotopic (exact) mass is 399 g/mol. The molecule has 29 heavy (non-hydrogen) atoms. The summed E-state index contributed by atoms with van der Waals surface area (Å²) in [7, 11) is 2.98. The smallest absolute Gasteiger partial charge is 0.254 e. The molecule has 154 valence electrons. The molecule has 1 saturated heterocycles. The maximum Gasteiger partial charge on any atom is 0.254 e. The Morgan fingerprint density at radius 3 is 2.79 bits per heavy atom. The van der Waals surface area contributed by atoms with Gasteiger partial charge >= 0.3 is 0 Å². The fourth-order valence-electron chi connectivity index (χ4n) is 3.25. The molecule has 2 aromatic rings. The van der Waals surface area contributed by atoms with Gasteiger partial charge in [-0.05, 0) is 30.7 Å². The molecular weight excluding hydrogens is 374 g/mol. The lowest BCUT2D eigenvalue weighted by atomic mass is 10.1. The summed E-state index contributed by atoms with van der Waals surface area (Å²) in [5.41, 5.74) is 1.57. The normalized spacial score (nSPS) is 16.2. The van der Waals surface area contributed by atoms with Crippen LogP contribution in [0.3, 0.4) is 0 Å². The quantitative estimate of drug-likeness (QED) is 0.801. The summed E-state index contributed by atoms with van der Waals surface area (Å²) in [6.07, 6.45) is 3.42. The molecule has 1 atom stereocenters. The van der Waals surface area contributed by atoms with Crippen molar-refractivity contribution in [3.8, 4) is 11.5 Å². The Kier molecular flexibility index (Phi) is 6.66. The highest BCUT2D eigenvalue weighted by Gasteiger charge is 2.25. The summed E-state index contributed by atoms with van der Waals surface area (Å²) in [5, 5.41) is 2.82. The number of rotatable bonds is 6. The lowest BCUT2D eigenvalue weighted by Gasteiger charge is -2.31. The van der Waals surface area contributed by atoms with E-state index >= 15 is 0 Å². The van der Waals surface area contributed by atoms with Gasteiger partial charge in [-0.25, -0.2) is 0 Å². The van der Waals surface area contributed by atoms with Gasteiger partial charge in [-0.3, -0.25) is 14.6 Å². The Hall–Kier alpha value is -3.13. The Labute approximate surface area is 169 Å². The number of hydrogen-bond acceptors (Lipinski definition) is 6. The number of carbonyl (C=O) groups is 2. The molecule has 2 heterocycles. The van der Waals surface area contributed by atoms with Crippen molar-refractivity contribution in [2.75, 3.05) is 39.2 Å². The minimum absolute atomic E-state index is 0.0218. The Bertz CT molecular complexity index is 872. The van der Waals surface area contributed by atoms with Crippen molar-refractivity contribution in [1.29, 1.82) is 0 Å². The zero-order valence-electron chi connectivity index (χ0n) is 16.8.